The minimum absolute atomic E-state index is 0.0952. The summed E-state index contributed by atoms with van der Waals surface area (Å²) >= 11 is 15.4. The first-order valence-electron chi connectivity index (χ1n) is 8.72. The first-order chi connectivity index (χ1) is 15.4. The van der Waals surface area contributed by atoms with Crippen molar-refractivity contribution in [1.82, 2.24) is 25.6 Å². The molecule has 168 valence electrons. The van der Waals surface area contributed by atoms with Crippen LogP contribution in [0.25, 0.3) is 0 Å². The van der Waals surface area contributed by atoms with Crippen LogP contribution in [-0.4, -0.2) is 61.3 Å². The van der Waals surface area contributed by atoms with Crippen molar-refractivity contribution in [1.29, 1.82) is 0 Å². The highest BCUT2D eigenvalue weighted by molar-refractivity contribution is 8.14. The van der Waals surface area contributed by atoms with E-state index in [1.807, 2.05) is 0 Å². The number of carbonyl (C=O) groups excluding carboxylic acids is 2. The fraction of sp³-hybridized carbons (Fsp3) is 0.200. The Morgan fingerprint density at radius 1 is 1.16 bits per heavy atom. The molecule has 1 aromatic carbocycles. The highest BCUT2D eigenvalue weighted by Crippen LogP contribution is 2.27. The molecule has 2 amide bonds. The molecule has 12 nitrogen and oxygen atoms in total. The molecule has 2 aliphatic rings. The van der Waals surface area contributed by atoms with E-state index in [1.165, 1.54) is 46.2 Å². The molecule has 0 spiro atoms. The van der Waals surface area contributed by atoms with Crippen LogP contribution in [0, 0.1) is 0 Å². The first kappa shape index (κ1) is 22.9. The zero-order valence-corrected chi connectivity index (χ0v) is 19.8. The number of fused-ring (bicyclic) bond motifs is 1. The van der Waals surface area contributed by atoms with Crippen molar-refractivity contribution in [2.45, 2.75) is 10.6 Å². The summed E-state index contributed by atoms with van der Waals surface area (Å²) in [5.41, 5.74) is 3.35. The van der Waals surface area contributed by atoms with Crippen molar-refractivity contribution >= 4 is 92.2 Å². The summed E-state index contributed by atoms with van der Waals surface area (Å²) in [7, 11) is 0. The number of nitrogens with two attached hydrogens (primary N) is 1. The van der Waals surface area contributed by atoms with E-state index in [4.69, 9.17) is 29.0 Å². The van der Waals surface area contributed by atoms with Crippen LogP contribution in [0.15, 0.2) is 32.7 Å². The van der Waals surface area contributed by atoms with Gasteiger partial charge in [-0.2, -0.15) is 10.1 Å². The van der Waals surface area contributed by atoms with Crippen molar-refractivity contribution < 1.29 is 9.59 Å². The van der Waals surface area contributed by atoms with Gasteiger partial charge in [-0.3, -0.25) is 25.3 Å². The second-order valence-corrected chi connectivity index (χ2v) is 10.1. The normalized spacial score (nSPS) is 16.6. The third-order valence-corrected chi connectivity index (χ3v) is 7.46. The van der Waals surface area contributed by atoms with Crippen LogP contribution in [0.5, 0.6) is 0 Å². The summed E-state index contributed by atoms with van der Waals surface area (Å²) in [6, 6.07) is 4.82. The quantitative estimate of drug-likeness (QED) is 0.236. The molecule has 3 heterocycles. The molecule has 0 saturated heterocycles. The molecule has 4 rings (SSSR count). The van der Waals surface area contributed by atoms with E-state index in [0.29, 0.717) is 30.4 Å². The fourth-order valence-corrected chi connectivity index (χ4v) is 5.00. The van der Waals surface area contributed by atoms with Gasteiger partial charge in [0.25, 0.3) is 0 Å². The van der Waals surface area contributed by atoms with E-state index >= 15 is 0 Å². The maximum Gasteiger partial charge on any atom is 0.236 e. The maximum atomic E-state index is 12.2. The average Bonchev–Trinajstić information content (AvgIpc) is 3.46. The highest BCUT2D eigenvalue weighted by Gasteiger charge is 2.35. The predicted octanol–water partition coefficient (Wildman–Crippen LogP) is 1.84. The number of nitrogens with one attached hydrogen (secondary N) is 3. The van der Waals surface area contributed by atoms with Crippen LogP contribution < -0.4 is 21.9 Å². The minimum atomic E-state index is -0.378. The largest absolute Gasteiger partial charge is 0.325 e. The number of hydrogen-bond acceptors (Lipinski definition) is 13. The SMILES string of the molecule is NN1C=NN2C(SCC(=O)Nc3nnc(SCC(=O)Nc4ccc(Cl)c(Cl)c4)s3)=NNC12. The molecule has 2 aromatic rings. The lowest BCUT2D eigenvalue weighted by Gasteiger charge is -2.19. The zero-order chi connectivity index (χ0) is 22.7. The Hall–Kier alpha value is -2.30. The van der Waals surface area contributed by atoms with Gasteiger partial charge < -0.3 is 5.32 Å². The summed E-state index contributed by atoms with van der Waals surface area (Å²) in [6.07, 6.45) is 1.08. The van der Waals surface area contributed by atoms with Gasteiger partial charge in [0.15, 0.2) is 4.34 Å². The van der Waals surface area contributed by atoms with Crippen LogP contribution in [0.4, 0.5) is 10.8 Å². The smallest absolute Gasteiger partial charge is 0.236 e. The Morgan fingerprint density at radius 2 is 1.94 bits per heavy atom. The number of anilines is 2. The van der Waals surface area contributed by atoms with Crippen LogP contribution in [0.2, 0.25) is 10.0 Å². The lowest BCUT2D eigenvalue weighted by Crippen LogP contribution is -2.48. The topological polar surface area (TPSA) is 153 Å². The van der Waals surface area contributed by atoms with Crippen molar-refractivity contribution in [3.05, 3.63) is 28.2 Å². The summed E-state index contributed by atoms with van der Waals surface area (Å²) in [6.45, 7) is 0. The Bertz CT molecular complexity index is 1100. The number of hydrazine groups is 1. The summed E-state index contributed by atoms with van der Waals surface area (Å²) in [4.78, 5) is 24.3. The van der Waals surface area contributed by atoms with E-state index in [0.717, 1.165) is 0 Å². The van der Waals surface area contributed by atoms with Crippen LogP contribution >= 0.6 is 58.1 Å². The molecule has 0 radical (unpaired) electrons. The maximum absolute atomic E-state index is 12.2. The van der Waals surface area contributed by atoms with E-state index in [1.54, 1.807) is 23.2 Å². The summed E-state index contributed by atoms with van der Waals surface area (Å²) in [5, 5.41) is 26.0. The first-order valence-corrected chi connectivity index (χ1v) is 12.3. The number of carbonyl (C=O) groups is 2. The van der Waals surface area contributed by atoms with Crippen LogP contribution in [-0.2, 0) is 9.59 Å². The molecule has 1 atom stereocenters. The molecule has 0 bridgehead atoms. The van der Waals surface area contributed by atoms with Gasteiger partial charge in [0.1, 0.15) is 6.34 Å². The van der Waals surface area contributed by atoms with E-state index in [9.17, 15) is 9.59 Å². The Labute approximate surface area is 203 Å². The van der Waals surface area contributed by atoms with Gasteiger partial charge in [0.05, 0.1) is 21.6 Å². The molecule has 2 aliphatic heterocycles. The Kier molecular flexibility index (Phi) is 7.22. The second-order valence-electron chi connectivity index (χ2n) is 6.10. The summed E-state index contributed by atoms with van der Waals surface area (Å²) < 4.78 is 0.541. The number of rotatable bonds is 7. The number of amides is 2. The number of amidine groups is 1. The predicted molar refractivity (Wildman–Crippen MR) is 128 cm³/mol. The molecule has 1 aromatic heterocycles. The Balaban J connectivity index is 1.20. The second kappa shape index (κ2) is 10.1. The number of thioether (sulfide) groups is 2. The van der Waals surface area contributed by atoms with Gasteiger partial charge >= 0.3 is 0 Å². The lowest BCUT2D eigenvalue weighted by atomic mass is 10.3. The number of hydrazone groups is 2. The molecule has 32 heavy (non-hydrogen) atoms. The number of benzene rings is 1. The number of halogens is 2. The minimum Gasteiger partial charge on any atom is -0.325 e. The molecular formula is C15H14Cl2N10O2S3. The van der Waals surface area contributed by atoms with E-state index in [-0.39, 0.29) is 29.6 Å². The highest BCUT2D eigenvalue weighted by atomic mass is 35.5. The van der Waals surface area contributed by atoms with Gasteiger partial charge in [-0.1, -0.05) is 58.1 Å². The van der Waals surface area contributed by atoms with Crippen LogP contribution in [0.1, 0.15) is 0 Å². The molecular weight excluding hydrogens is 519 g/mol. The average molecular weight is 533 g/mol. The number of hydrogen-bond donors (Lipinski definition) is 4. The van der Waals surface area contributed by atoms with E-state index < -0.39 is 0 Å². The fourth-order valence-electron chi connectivity index (χ4n) is 2.41. The van der Waals surface area contributed by atoms with Gasteiger partial charge in [0.2, 0.25) is 28.4 Å². The molecule has 17 heteroatoms. The van der Waals surface area contributed by atoms with Gasteiger partial charge in [0, 0.05) is 5.69 Å². The summed E-state index contributed by atoms with van der Waals surface area (Å²) in [5.74, 6) is 5.39. The van der Waals surface area contributed by atoms with Crippen molar-refractivity contribution in [2.24, 2.45) is 16.0 Å². The number of nitrogens with zero attached hydrogens (tertiary/aromatic N) is 6. The molecule has 0 aliphatic carbocycles. The molecule has 5 N–H and O–H groups in total. The monoisotopic (exact) mass is 532 g/mol. The van der Waals surface area contributed by atoms with Crippen LogP contribution in [0.3, 0.4) is 0 Å². The number of aromatic nitrogens is 2. The van der Waals surface area contributed by atoms with Crippen molar-refractivity contribution in [2.75, 3.05) is 22.1 Å². The zero-order valence-electron chi connectivity index (χ0n) is 15.9. The van der Waals surface area contributed by atoms with Gasteiger partial charge in [-0.25, -0.2) is 5.84 Å². The van der Waals surface area contributed by atoms with Crippen molar-refractivity contribution in [3.8, 4) is 0 Å². The van der Waals surface area contributed by atoms with E-state index in [2.05, 4.69) is 36.5 Å². The lowest BCUT2D eigenvalue weighted by molar-refractivity contribution is -0.114. The van der Waals surface area contributed by atoms with Gasteiger partial charge in [-0.05, 0) is 18.2 Å². The molecule has 0 fully saturated rings. The van der Waals surface area contributed by atoms with Crippen molar-refractivity contribution in [3.63, 3.8) is 0 Å². The molecule has 0 saturated carbocycles. The standard InChI is InChI=1S/C15H14Cl2N10O2S3/c16-8-2-1-7(3-9(8)17)20-10(28)5-31-15-25-22-12(32-15)21-11(29)4-30-14-24-23-13-26(18)6-19-27(13)14/h1-3,6,13,23H,4-5,18H2,(H,20,28)(H,21,22,29). The third-order valence-electron chi connectivity index (χ3n) is 3.81. The molecule has 1 unspecified atom stereocenters. The van der Waals surface area contributed by atoms with Gasteiger partial charge in [-0.15, -0.1) is 15.3 Å². The third kappa shape index (κ3) is 5.54. The Morgan fingerprint density at radius 3 is 2.75 bits per heavy atom.